The van der Waals surface area contributed by atoms with Crippen LogP contribution in [0.15, 0.2) is 12.1 Å². The molecule has 1 spiro atoms. The van der Waals surface area contributed by atoms with Crippen molar-refractivity contribution in [3.05, 3.63) is 23.3 Å². The molecule has 2 saturated heterocycles. The number of piperidine rings is 1. The van der Waals surface area contributed by atoms with Crippen molar-refractivity contribution in [1.29, 1.82) is 0 Å². The smallest absolute Gasteiger partial charge is 0.165 e. The van der Waals surface area contributed by atoms with Gasteiger partial charge in [0, 0.05) is 23.6 Å². The lowest BCUT2D eigenvalue weighted by molar-refractivity contribution is -0.221. The monoisotopic (exact) mass is 437 g/mol. The Hall–Kier alpha value is -1.26. The molecule has 6 aliphatic rings. The Morgan fingerprint density at radius 1 is 1.09 bits per heavy atom. The summed E-state index contributed by atoms with van der Waals surface area (Å²) >= 11 is 0. The average Bonchev–Trinajstić information content (AvgIpc) is 3.41. The van der Waals surface area contributed by atoms with Gasteiger partial charge in [-0.2, -0.15) is 0 Å². The minimum atomic E-state index is -0.365. The summed E-state index contributed by atoms with van der Waals surface area (Å²) in [6.45, 7) is 16.7. The molecule has 7 rings (SSSR count). The fourth-order valence-electron chi connectivity index (χ4n) is 9.39. The normalized spacial score (nSPS) is 47.0. The van der Waals surface area contributed by atoms with Crippen LogP contribution in [0.3, 0.4) is 0 Å². The molecule has 3 heterocycles. The van der Waals surface area contributed by atoms with Crippen molar-refractivity contribution in [2.75, 3.05) is 13.1 Å². The third-order valence-corrected chi connectivity index (χ3v) is 11.7. The van der Waals surface area contributed by atoms with E-state index in [1.54, 1.807) is 0 Å². The number of aromatic hydroxyl groups is 1. The van der Waals surface area contributed by atoms with Crippen LogP contribution in [0.25, 0.3) is 0 Å². The number of likely N-dealkylation sites (tertiary alicyclic amines) is 1. The van der Waals surface area contributed by atoms with Gasteiger partial charge in [-0.05, 0) is 93.7 Å². The molecule has 0 radical (unpaired) electrons. The van der Waals surface area contributed by atoms with Gasteiger partial charge in [0.1, 0.15) is 11.7 Å². The minimum absolute atomic E-state index is 0.0441. The molecule has 0 aromatic heterocycles. The number of hydrogen-bond donors (Lipinski definition) is 1. The van der Waals surface area contributed by atoms with Crippen LogP contribution in [-0.4, -0.2) is 46.4 Å². The van der Waals surface area contributed by atoms with Crippen LogP contribution in [0.1, 0.15) is 78.4 Å². The van der Waals surface area contributed by atoms with Crippen LogP contribution in [0.5, 0.6) is 11.5 Å². The SMILES string of the molecule is CC1(C)O[C@]2(C)[C@H](C[C@]3(C)[C@H]4Cc5ccc(O)c6c5[C@@]3(CCN4CC3CC3)[C@H]2O6)C1(C)C. The van der Waals surface area contributed by atoms with Gasteiger partial charge in [0.2, 0.25) is 0 Å². The summed E-state index contributed by atoms with van der Waals surface area (Å²) < 4.78 is 14.0. The summed E-state index contributed by atoms with van der Waals surface area (Å²) in [7, 11) is 0. The number of nitrogens with zero attached hydrogens (tertiary/aromatic N) is 1. The second-order valence-electron chi connectivity index (χ2n) is 13.5. The Balaban J connectivity index is 1.48. The zero-order chi connectivity index (χ0) is 22.5. The Kier molecular flexibility index (Phi) is 3.47. The highest BCUT2D eigenvalue weighted by atomic mass is 16.6. The maximum absolute atomic E-state index is 10.9. The van der Waals surface area contributed by atoms with Crippen LogP contribution in [0.2, 0.25) is 0 Å². The van der Waals surface area contributed by atoms with Gasteiger partial charge in [0.25, 0.3) is 0 Å². The first kappa shape index (κ1) is 20.1. The molecule has 32 heavy (non-hydrogen) atoms. The molecule has 4 nitrogen and oxygen atoms in total. The zero-order valence-corrected chi connectivity index (χ0v) is 20.6. The largest absolute Gasteiger partial charge is 0.504 e. The Morgan fingerprint density at radius 2 is 1.84 bits per heavy atom. The van der Waals surface area contributed by atoms with E-state index in [9.17, 15) is 5.11 Å². The van der Waals surface area contributed by atoms with E-state index in [0.717, 1.165) is 31.1 Å². The molecule has 4 heteroatoms. The molecule has 2 saturated carbocycles. The molecule has 0 unspecified atom stereocenters. The van der Waals surface area contributed by atoms with E-state index in [1.165, 1.54) is 36.9 Å². The average molecular weight is 438 g/mol. The molecule has 4 fully saturated rings. The van der Waals surface area contributed by atoms with Crippen molar-refractivity contribution >= 4 is 0 Å². The van der Waals surface area contributed by atoms with Crippen molar-refractivity contribution < 1.29 is 14.6 Å². The summed E-state index contributed by atoms with van der Waals surface area (Å²) in [5, 5.41) is 10.9. The topological polar surface area (TPSA) is 41.9 Å². The molecule has 3 aliphatic heterocycles. The molecule has 1 N–H and O–H groups in total. The van der Waals surface area contributed by atoms with Gasteiger partial charge in [-0.3, -0.25) is 4.90 Å². The number of phenolic OH excluding ortho intramolecular Hbond substituents is 1. The molecule has 1 aromatic carbocycles. The quantitative estimate of drug-likeness (QED) is 0.703. The van der Waals surface area contributed by atoms with Crippen LogP contribution in [0.4, 0.5) is 0 Å². The highest BCUT2D eigenvalue weighted by molar-refractivity contribution is 5.62. The molecule has 6 atom stereocenters. The fraction of sp³-hybridized carbons (Fsp3) is 0.786. The second-order valence-corrected chi connectivity index (χ2v) is 13.5. The van der Waals surface area contributed by atoms with E-state index >= 15 is 0 Å². The van der Waals surface area contributed by atoms with Crippen molar-refractivity contribution in [3.8, 4) is 11.5 Å². The first-order valence-corrected chi connectivity index (χ1v) is 12.9. The van der Waals surface area contributed by atoms with Gasteiger partial charge in [-0.25, -0.2) is 0 Å². The highest BCUT2D eigenvalue weighted by Gasteiger charge is 2.80. The molecule has 3 aliphatic carbocycles. The predicted molar refractivity (Wildman–Crippen MR) is 124 cm³/mol. The van der Waals surface area contributed by atoms with Crippen LogP contribution in [-0.2, 0) is 16.6 Å². The highest BCUT2D eigenvalue weighted by Crippen LogP contribution is 2.76. The Bertz CT molecular complexity index is 1030. The Morgan fingerprint density at radius 3 is 2.56 bits per heavy atom. The van der Waals surface area contributed by atoms with E-state index in [4.69, 9.17) is 9.47 Å². The number of phenols is 1. The number of fused-ring (bicyclic) bond motifs is 2. The molecular formula is C28H39NO3. The molecule has 0 amide bonds. The maximum atomic E-state index is 10.9. The van der Waals surface area contributed by atoms with E-state index < -0.39 is 0 Å². The summed E-state index contributed by atoms with van der Waals surface area (Å²) in [6, 6.07) is 4.59. The molecule has 2 bridgehead atoms. The van der Waals surface area contributed by atoms with E-state index in [2.05, 4.69) is 52.5 Å². The zero-order valence-electron chi connectivity index (χ0n) is 20.6. The standard InChI is InChI=1S/C28H39NO3/c1-24(2)19-14-26(5)20-13-17-9-10-18(30)22-21(17)28(26,11-12-29(20)15-16-7-8-16)23(31-22)27(19,6)32-25(24,3)4/h9-10,16,19-20,23,30H,7-8,11-15H2,1-6H3/t19-,20-,23+,26-,27-,28+/m1/s1. The maximum Gasteiger partial charge on any atom is 0.165 e. The number of rotatable bonds is 2. The van der Waals surface area contributed by atoms with E-state index in [1.807, 2.05) is 6.07 Å². The van der Waals surface area contributed by atoms with Gasteiger partial charge < -0.3 is 14.6 Å². The third-order valence-electron chi connectivity index (χ3n) is 11.7. The lowest BCUT2D eigenvalue weighted by atomic mass is 9.39. The summed E-state index contributed by atoms with van der Waals surface area (Å²) in [4.78, 5) is 2.85. The van der Waals surface area contributed by atoms with Gasteiger partial charge in [0.05, 0.1) is 5.60 Å². The Labute approximate surface area is 192 Å². The molecular weight excluding hydrogens is 398 g/mol. The first-order valence-electron chi connectivity index (χ1n) is 12.9. The minimum Gasteiger partial charge on any atom is -0.504 e. The van der Waals surface area contributed by atoms with Gasteiger partial charge in [0.15, 0.2) is 11.5 Å². The lowest BCUT2D eigenvalue weighted by Gasteiger charge is -2.68. The van der Waals surface area contributed by atoms with Crippen molar-refractivity contribution in [2.24, 2.45) is 22.7 Å². The summed E-state index contributed by atoms with van der Waals surface area (Å²) in [6.07, 6.45) is 6.11. The van der Waals surface area contributed by atoms with Gasteiger partial charge in [-0.1, -0.05) is 26.8 Å². The summed E-state index contributed by atoms with van der Waals surface area (Å²) in [5.74, 6) is 2.39. The lowest BCUT2D eigenvalue weighted by Crippen LogP contribution is -2.76. The fourth-order valence-corrected chi connectivity index (χ4v) is 9.39. The number of ether oxygens (including phenoxy) is 2. The van der Waals surface area contributed by atoms with Gasteiger partial charge in [-0.15, -0.1) is 0 Å². The van der Waals surface area contributed by atoms with Crippen molar-refractivity contribution in [1.82, 2.24) is 4.90 Å². The van der Waals surface area contributed by atoms with Crippen molar-refractivity contribution in [3.63, 3.8) is 0 Å². The van der Waals surface area contributed by atoms with E-state index in [0.29, 0.717) is 17.7 Å². The second kappa shape index (κ2) is 5.51. The first-order chi connectivity index (χ1) is 15.0. The molecule has 174 valence electrons. The molecule has 1 aromatic rings. The van der Waals surface area contributed by atoms with E-state index in [-0.39, 0.29) is 33.6 Å². The van der Waals surface area contributed by atoms with Crippen LogP contribution in [0, 0.1) is 22.7 Å². The van der Waals surface area contributed by atoms with Crippen LogP contribution < -0.4 is 4.74 Å². The van der Waals surface area contributed by atoms with Crippen LogP contribution >= 0.6 is 0 Å². The number of benzene rings is 1. The number of hydrogen-bond acceptors (Lipinski definition) is 4. The van der Waals surface area contributed by atoms with Crippen molar-refractivity contribution in [2.45, 2.75) is 102 Å². The predicted octanol–water partition coefficient (Wildman–Crippen LogP) is 5.05. The van der Waals surface area contributed by atoms with Gasteiger partial charge >= 0.3 is 0 Å². The summed E-state index contributed by atoms with van der Waals surface area (Å²) in [5.41, 5.74) is 2.22. The third kappa shape index (κ3) is 1.98.